The first-order chi connectivity index (χ1) is 11.2. The SMILES string of the molecule is COc1ccc(C(=O)O)cc1C(=O)Nc1ccc(C(F)(F)F)cc1. The van der Waals surface area contributed by atoms with E-state index in [1.807, 2.05) is 0 Å². The molecule has 0 saturated heterocycles. The number of rotatable bonds is 4. The van der Waals surface area contributed by atoms with Crippen molar-refractivity contribution in [3.05, 3.63) is 59.2 Å². The summed E-state index contributed by atoms with van der Waals surface area (Å²) in [7, 11) is 1.31. The van der Waals surface area contributed by atoms with Gasteiger partial charge in [-0.3, -0.25) is 4.79 Å². The molecule has 0 saturated carbocycles. The minimum absolute atomic E-state index is 0.0442. The van der Waals surface area contributed by atoms with Gasteiger partial charge in [0.05, 0.1) is 23.8 Å². The van der Waals surface area contributed by atoms with Crippen LogP contribution < -0.4 is 10.1 Å². The van der Waals surface area contributed by atoms with Gasteiger partial charge in [-0.25, -0.2) is 4.79 Å². The van der Waals surface area contributed by atoms with Gasteiger partial charge in [-0.15, -0.1) is 0 Å². The Balaban J connectivity index is 2.26. The molecule has 2 rings (SSSR count). The number of carboxylic acids is 1. The van der Waals surface area contributed by atoms with Crippen molar-refractivity contribution in [3.8, 4) is 5.75 Å². The first kappa shape index (κ1) is 17.3. The molecule has 0 bridgehead atoms. The zero-order valence-corrected chi connectivity index (χ0v) is 12.3. The van der Waals surface area contributed by atoms with E-state index in [9.17, 15) is 22.8 Å². The standard InChI is InChI=1S/C16H12F3NO4/c1-24-13-7-2-9(15(22)23)8-12(13)14(21)20-11-5-3-10(4-6-11)16(17,18)19/h2-8H,1H3,(H,20,21)(H,22,23). The summed E-state index contributed by atoms with van der Waals surface area (Å²) in [6, 6.07) is 7.60. The molecule has 126 valence electrons. The van der Waals surface area contributed by atoms with Gasteiger partial charge < -0.3 is 15.2 Å². The van der Waals surface area contributed by atoms with Crippen LogP contribution in [0.3, 0.4) is 0 Å². The van der Waals surface area contributed by atoms with Gasteiger partial charge in [0.15, 0.2) is 0 Å². The van der Waals surface area contributed by atoms with Gasteiger partial charge in [0, 0.05) is 5.69 Å². The van der Waals surface area contributed by atoms with Gasteiger partial charge in [-0.2, -0.15) is 13.2 Å². The lowest BCUT2D eigenvalue weighted by molar-refractivity contribution is -0.137. The van der Waals surface area contributed by atoms with Crippen molar-refractivity contribution in [2.45, 2.75) is 6.18 Å². The summed E-state index contributed by atoms with van der Waals surface area (Å²) in [6.07, 6.45) is -4.47. The van der Waals surface area contributed by atoms with Crippen LogP contribution in [0, 0.1) is 0 Å². The second-order valence-electron chi connectivity index (χ2n) is 4.75. The molecule has 0 radical (unpaired) electrons. The number of carbonyl (C=O) groups is 2. The highest BCUT2D eigenvalue weighted by molar-refractivity contribution is 6.07. The van der Waals surface area contributed by atoms with Crippen molar-refractivity contribution < 1.29 is 32.6 Å². The molecule has 8 heteroatoms. The molecule has 0 fully saturated rings. The van der Waals surface area contributed by atoms with E-state index >= 15 is 0 Å². The lowest BCUT2D eigenvalue weighted by Crippen LogP contribution is -2.14. The lowest BCUT2D eigenvalue weighted by atomic mass is 10.1. The van der Waals surface area contributed by atoms with Crippen LogP contribution in [-0.4, -0.2) is 24.1 Å². The summed E-state index contributed by atoms with van der Waals surface area (Å²) in [6.45, 7) is 0. The number of benzene rings is 2. The van der Waals surface area contributed by atoms with E-state index < -0.39 is 23.6 Å². The molecule has 5 nitrogen and oxygen atoms in total. The topological polar surface area (TPSA) is 75.6 Å². The molecule has 0 atom stereocenters. The summed E-state index contributed by atoms with van der Waals surface area (Å²) in [5.74, 6) is -1.78. The summed E-state index contributed by atoms with van der Waals surface area (Å²) < 4.78 is 42.5. The average Bonchev–Trinajstić information content (AvgIpc) is 2.53. The molecule has 0 aliphatic heterocycles. The Kier molecular flexibility index (Phi) is 4.77. The minimum atomic E-state index is -4.47. The molecule has 0 unspecified atom stereocenters. The normalized spacial score (nSPS) is 11.0. The van der Waals surface area contributed by atoms with E-state index in [1.54, 1.807) is 0 Å². The Labute approximate surface area is 134 Å². The van der Waals surface area contributed by atoms with Gasteiger partial charge >= 0.3 is 12.1 Å². The molecule has 2 aromatic rings. The van der Waals surface area contributed by atoms with E-state index in [4.69, 9.17) is 9.84 Å². The quantitative estimate of drug-likeness (QED) is 0.891. The van der Waals surface area contributed by atoms with Gasteiger partial charge in [0.1, 0.15) is 5.75 Å². The van der Waals surface area contributed by atoms with Crippen LogP contribution in [-0.2, 0) is 6.18 Å². The van der Waals surface area contributed by atoms with E-state index in [0.717, 1.165) is 30.3 Å². The maximum absolute atomic E-state index is 12.5. The monoisotopic (exact) mass is 339 g/mol. The smallest absolute Gasteiger partial charge is 0.416 e. The highest BCUT2D eigenvalue weighted by Gasteiger charge is 2.30. The maximum atomic E-state index is 12.5. The fourth-order valence-electron chi connectivity index (χ4n) is 1.96. The zero-order valence-electron chi connectivity index (χ0n) is 12.3. The first-order valence-electron chi connectivity index (χ1n) is 6.62. The highest BCUT2D eigenvalue weighted by Crippen LogP contribution is 2.30. The third-order valence-electron chi connectivity index (χ3n) is 3.16. The number of carboxylic acid groups (broad SMARTS) is 1. The van der Waals surface area contributed by atoms with Crippen LogP contribution in [0.15, 0.2) is 42.5 Å². The second kappa shape index (κ2) is 6.61. The molecular formula is C16H12F3NO4. The molecule has 0 heterocycles. The van der Waals surface area contributed by atoms with Gasteiger partial charge in [-0.05, 0) is 42.5 Å². The first-order valence-corrected chi connectivity index (χ1v) is 6.62. The van der Waals surface area contributed by atoms with E-state index in [0.29, 0.717) is 0 Å². The molecule has 0 aliphatic carbocycles. The second-order valence-corrected chi connectivity index (χ2v) is 4.75. The minimum Gasteiger partial charge on any atom is -0.496 e. The van der Waals surface area contributed by atoms with Crippen LogP contribution in [0.4, 0.5) is 18.9 Å². The molecular weight excluding hydrogens is 327 g/mol. The van der Waals surface area contributed by atoms with Crippen LogP contribution >= 0.6 is 0 Å². The van der Waals surface area contributed by atoms with E-state index in [2.05, 4.69) is 5.32 Å². The number of aromatic carboxylic acids is 1. The van der Waals surface area contributed by atoms with Crippen LogP contribution in [0.2, 0.25) is 0 Å². The molecule has 24 heavy (non-hydrogen) atoms. The van der Waals surface area contributed by atoms with Crippen LogP contribution in [0.1, 0.15) is 26.3 Å². The van der Waals surface area contributed by atoms with Crippen molar-refractivity contribution >= 4 is 17.6 Å². The molecule has 0 spiro atoms. The number of amides is 1. The van der Waals surface area contributed by atoms with Crippen LogP contribution in [0.5, 0.6) is 5.75 Å². The molecule has 2 N–H and O–H groups in total. The number of hydrogen-bond acceptors (Lipinski definition) is 3. The van der Waals surface area contributed by atoms with Crippen molar-refractivity contribution in [2.75, 3.05) is 12.4 Å². The average molecular weight is 339 g/mol. The van der Waals surface area contributed by atoms with Crippen LogP contribution in [0.25, 0.3) is 0 Å². The number of carbonyl (C=O) groups excluding carboxylic acids is 1. The summed E-state index contributed by atoms with van der Waals surface area (Å²) >= 11 is 0. The lowest BCUT2D eigenvalue weighted by Gasteiger charge is -2.11. The Hall–Kier alpha value is -3.03. The fourth-order valence-corrected chi connectivity index (χ4v) is 1.96. The zero-order chi connectivity index (χ0) is 17.9. The van der Waals surface area contributed by atoms with Gasteiger partial charge in [-0.1, -0.05) is 0 Å². The van der Waals surface area contributed by atoms with Gasteiger partial charge in [0.2, 0.25) is 0 Å². The fraction of sp³-hybridized carbons (Fsp3) is 0.125. The number of nitrogens with one attached hydrogen (secondary N) is 1. The Morgan fingerprint density at radius 1 is 1.08 bits per heavy atom. The maximum Gasteiger partial charge on any atom is 0.416 e. The number of halogens is 3. The molecule has 0 aromatic heterocycles. The summed E-state index contributed by atoms with van der Waals surface area (Å²) in [5.41, 5.74) is -0.868. The number of hydrogen-bond donors (Lipinski definition) is 2. The van der Waals surface area contributed by atoms with E-state index in [-0.39, 0.29) is 22.6 Å². The summed E-state index contributed by atoms with van der Waals surface area (Å²) in [4.78, 5) is 23.2. The highest BCUT2D eigenvalue weighted by atomic mass is 19.4. The van der Waals surface area contributed by atoms with Crippen molar-refractivity contribution in [2.24, 2.45) is 0 Å². The third kappa shape index (κ3) is 3.83. The van der Waals surface area contributed by atoms with Crippen molar-refractivity contribution in [1.29, 1.82) is 0 Å². The third-order valence-corrected chi connectivity index (χ3v) is 3.16. The number of ether oxygens (including phenoxy) is 1. The largest absolute Gasteiger partial charge is 0.496 e. The predicted molar refractivity (Wildman–Crippen MR) is 79.4 cm³/mol. The number of alkyl halides is 3. The van der Waals surface area contributed by atoms with E-state index in [1.165, 1.54) is 19.2 Å². The number of anilines is 1. The Morgan fingerprint density at radius 2 is 1.71 bits per heavy atom. The molecule has 2 aromatic carbocycles. The Morgan fingerprint density at radius 3 is 2.21 bits per heavy atom. The summed E-state index contributed by atoms with van der Waals surface area (Å²) in [5, 5.41) is 11.4. The predicted octanol–water partition coefficient (Wildman–Crippen LogP) is 3.66. The van der Waals surface area contributed by atoms with Crippen molar-refractivity contribution in [3.63, 3.8) is 0 Å². The Bertz CT molecular complexity index is 770. The molecule has 0 aliphatic rings. The van der Waals surface area contributed by atoms with Gasteiger partial charge in [0.25, 0.3) is 5.91 Å². The number of methoxy groups -OCH3 is 1. The molecule has 1 amide bonds. The van der Waals surface area contributed by atoms with Crippen molar-refractivity contribution in [1.82, 2.24) is 0 Å².